The number of hydrogen-bond acceptors (Lipinski definition) is 1. The number of rotatable bonds is 5. The first-order chi connectivity index (χ1) is 5.48. The molecular formula is C10H18O2. The highest BCUT2D eigenvalue weighted by atomic mass is 16.4. The van der Waals surface area contributed by atoms with Crippen molar-refractivity contribution in [1.82, 2.24) is 0 Å². The molecule has 0 radical (unpaired) electrons. The van der Waals surface area contributed by atoms with Crippen LogP contribution in [-0.2, 0) is 4.79 Å². The zero-order chi connectivity index (χ0) is 9.61. The zero-order valence-electron chi connectivity index (χ0n) is 8.13. The zero-order valence-corrected chi connectivity index (χ0v) is 8.13. The van der Waals surface area contributed by atoms with Gasteiger partial charge in [-0.2, -0.15) is 0 Å². The second-order valence-corrected chi connectivity index (χ2v) is 3.74. The van der Waals surface area contributed by atoms with E-state index < -0.39 is 5.97 Å². The maximum atomic E-state index is 10.2. The summed E-state index contributed by atoms with van der Waals surface area (Å²) in [7, 11) is 0. The summed E-state index contributed by atoms with van der Waals surface area (Å²) >= 11 is 0. The van der Waals surface area contributed by atoms with Crippen LogP contribution >= 0.6 is 0 Å². The molecule has 0 aromatic rings. The summed E-state index contributed by atoms with van der Waals surface area (Å²) in [6.45, 7) is 6.22. The molecule has 1 N–H and O–H groups in total. The molecule has 0 fully saturated rings. The van der Waals surface area contributed by atoms with Crippen molar-refractivity contribution < 1.29 is 9.90 Å². The average molecular weight is 170 g/mol. The minimum atomic E-state index is -0.703. The highest BCUT2D eigenvalue weighted by Gasteiger charge is 2.13. The van der Waals surface area contributed by atoms with E-state index in [4.69, 9.17) is 5.11 Å². The summed E-state index contributed by atoms with van der Waals surface area (Å²) in [6, 6.07) is 0. The van der Waals surface area contributed by atoms with Crippen molar-refractivity contribution in [2.75, 3.05) is 0 Å². The molecular weight excluding hydrogens is 152 g/mol. The Morgan fingerprint density at radius 2 is 2.08 bits per heavy atom. The van der Waals surface area contributed by atoms with Crippen LogP contribution in [-0.4, -0.2) is 11.1 Å². The van der Waals surface area contributed by atoms with Gasteiger partial charge in [-0.1, -0.05) is 26.0 Å². The smallest absolute Gasteiger partial charge is 0.303 e. The van der Waals surface area contributed by atoms with E-state index in [2.05, 4.69) is 19.9 Å². The molecule has 2 heteroatoms. The first kappa shape index (κ1) is 11.2. The van der Waals surface area contributed by atoms with Gasteiger partial charge in [0, 0.05) is 6.42 Å². The number of aliphatic carboxylic acids is 1. The van der Waals surface area contributed by atoms with Crippen molar-refractivity contribution >= 4 is 5.97 Å². The molecule has 0 saturated carbocycles. The molecule has 0 aromatic heterocycles. The first-order valence-electron chi connectivity index (χ1n) is 4.33. The van der Waals surface area contributed by atoms with E-state index in [0.29, 0.717) is 0 Å². The molecule has 70 valence electrons. The minimum Gasteiger partial charge on any atom is -0.481 e. The number of hydrogen-bond donors (Lipinski definition) is 1. The number of carboxylic acids is 1. The van der Waals surface area contributed by atoms with E-state index in [1.807, 2.05) is 13.0 Å². The predicted molar refractivity (Wildman–Crippen MR) is 50.1 cm³/mol. The molecule has 0 rings (SSSR count). The summed E-state index contributed by atoms with van der Waals surface area (Å²) in [5.74, 6) is -0.703. The van der Waals surface area contributed by atoms with Crippen molar-refractivity contribution in [3.05, 3.63) is 12.2 Å². The average Bonchev–Trinajstić information content (AvgIpc) is 1.85. The van der Waals surface area contributed by atoms with Crippen LogP contribution in [0.1, 0.15) is 40.0 Å². The fourth-order valence-corrected chi connectivity index (χ4v) is 1.23. The summed E-state index contributed by atoms with van der Waals surface area (Å²) in [5, 5.41) is 8.42. The molecule has 0 unspecified atom stereocenters. The quantitative estimate of drug-likeness (QED) is 0.644. The van der Waals surface area contributed by atoms with Gasteiger partial charge in [-0.3, -0.25) is 4.79 Å². The number of carbonyl (C=O) groups is 1. The highest BCUT2D eigenvalue weighted by Crippen LogP contribution is 2.24. The maximum Gasteiger partial charge on any atom is 0.303 e. The Morgan fingerprint density at radius 3 is 2.50 bits per heavy atom. The number of carboxylic acid groups (broad SMARTS) is 1. The summed E-state index contributed by atoms with van der Waals surface area (Å²) < 4.78 is 0. The minimum absolute atomic E-state index is 0.143. The van der Waals surface area contributed by atoms with E-state index in [1.165, 1.54) is 0 Å². The predicted octanol–water partition coefficient (Wildman–Crippen LogP) is 2.84. The first-order valence-corrected chi connectivity index (χ1v) is 4.33. The fourth-order valence-electron chi connectivity index (χ4n) is 1.23. The van der Waals surface area contributed by atoms with Gasteiger partial charge in [-0.05, 0) is 25.2 Å². The van der Waals surface area contributed by atoms with Crippen molar-refractivity contribution in [3.8, 4) is 0 Å². The van der Waals surface area contributed by atoms with Crippen LogP contribution in [0.15, 0.2) is 12.2 Å². The molecule has 0 aliphatic rings. The lowest BCUT2D eigenvalue weighted by Crippen LogP contribution is -2.08. The van der Waals surface area contributed by atoms with Gasteiger partial charge in [-0.15, -0.1) is 0 Å². The van der Waals surface area contributed by atoms with Gasteiger partial charge < -0.3 is 5.11 Å². The van der Waals surface area contributed by atoms with Crippen LogP contribution in [0.2, 0.25) is 0 Å². The molecule has 2 nitrogen and oxygen atoms in total. The monoisotopic (exact) mass is 170 g/mol. The van der Waals surface area contributed by atoms with Crippen molar-refractivity contribution in [2.45, 2.75) is 40.0 Å². The van der Waals surface area contributed by atoms with Crippen molar-refractivity contribution in [2.24, 2.45) is 5.41 Å². The Morgan fingerprint density at radius 1 is 1.50 bits per heavy atom. The Labute approximate surface area is 74.3 Å². The standard InChI is InChI=1S/C10H18O2/c1-4-7-10(2,3)8-5-6-9(11)12/h4,7H,5-6,8H2,1-3H3,(H,11,12). The van der Waals surface area contributed by atoms with Crippen LogP contribution in [0.3, 0.4) is 0 Å². The van der Waals surface area contributed by atoms with Crippen LogP contribution in [0, 0.1) is 5.41 Å². The summed E-state index contributed by atoms with van der Waals surface area (Å²) in [5.41, 5.74) is 0.143. The van der Waals surface area contributed by atoms with Gasteiger partial charge in [-0.25, -0.2) is 0 Å². The molecule has 0 atom stereocenters. The second-order valence-electron chi connectivity index (χ2n) is 3.74. The van der Waals surface area contributed by atoms with Gasteiger partial charge >= 0.3 is 5.97 Å². The lowest BCUT2D eigenvalue weighted by atomic mass is 9.87. The van der Waals surface area contributed by atoms with Crippen LogP contribution in [0.25, 0.3) is 0 Å². The van der Waals surface area contributed by atoms with Crippen molar-refractivity contribution in [3.63, 3.8) is 0 Å². The van der Waals surface area contributed by atoms with Gasteiger partial charge in [0.2, 0.25) is 0 Å². The lowest BCUT2D eigenvalue weighted by molar-refractivity contribution is -0.137. The summed E-state index contributed by atoms with van der Waals surface area (Å²) in [6.07, 6.45) is 6.10. The van der Waals surface area contributed by atoms with Gasteiger partial charge in [0.05, 0.1) is 0 Å². The molecule has 0 heterocycles. The molecule has 0 aromatic carbocycles. The van der Waals surface area contributed by atoms with Gasteiger partial charge in [0.1, 0.15) is 0 Å². The van der Waals surface area contributed by atoms with E-state index in [1.54, 1.807) is 0 Å². The Balaban J connectivity index is 3.68. The largest absolute Gasteiger partial charge is 0.481 e. The van der Waals surface area contributed by atoms with Gasteiger partial charge in [0.15, 0.2) is 0 Å². The SMILES string of the molecule is CC=CC(C)(C)CCCC(=O)O. The van der Waals surface area contributed by atoms with Crippen LogP contribution < -0.4 is 0 Å². The number of allylic oxidation sites excluding steroid dienone is 2. The highest BCUT2D eigenvalue weighted by molar-refractivity contribution is 5.66. The molecule has 0 bridgehead atoms. The third-order valence-corrected chi connectivity index (χ3v) is 1.83. The normalized spacial score (nSPS) is 12.2. The second kappa shape index (κ2) is 4.96. The molecule has 0 aliphatic heterocycles. The van der Waals surface area contributed by atoms with E-state index >= 15 is 0 Å². The Bertz CT molecular complexity index is 169. The maximum absolute atomic E-state index is 10.2. The van der Waals surface area contributed by atoms with Gasteiger partial charge in [0.25, 0.3) is 0 Å². The van der Waals surface area contributed by atoms with Crippen molar-refractivity contribution in [1.29, 1.82) is 0 Å². The Kier molecular flexibility index (Phi) is 4.64. The molecule has 0 aliphatic carbocycles. The topological polar surface area (TPSA) is 37.3 Å². The molecule has 0 saturated heterocycles. The third-order valence-electron chi connectivity index (χ3n) is 1.83. The molecule has 0 amide bonds. The Hall–Kier alpha value is -0.790. The van der Waals surface area contributed by atoms with Crippen LogP contribution in [0.5, 0.6) is 0 Å². The molecule has 12 heavy (non-hydrogen) atoms. The lowest BCUT2D eigenvalue weighted by Gasteiger charge is -2.18. The van der Waals surface area contributed by atoms with Crippen LogP contribution in [0.4, 0.5) is 0 Å². The van der Waals surface area contributed by atoms with E-state index in [-0.39, 0.29) is 11.8 Å². The molecule has 0 spiro atoms. The third kappa shape index (κ3) is 5.96. The van der Waals surface area contributed by atoms with E-state index in [0.717, 1.165) is 12.8 Å². The fraction of sp³-hybridized carbons (Fsp3) is 0.700. The van der Waals surface area contributed by atoms with E-state index in [9.17, 15) is 4.79 Å². The summed E-state index contributed by atoms with van der Waals surface area (Å²) in [4.78, 5) is 10.2.